The van der Waals surface area contributed by atoms with E-state index in [2.05, 4.69) is 10.3 Å². The Morgan fingerprint density at radius 3 is 2.50 bits per heavy atom. The molecular weight excluding hydrogens is 258 g/mol. The van der Waals surface area contributed by atoms with Crippen LogP contribution in [0.4, 0.5) is 5.82 Å². The number of nitrogens with one attached hydrogen (secondary N) is 1. The van der Waals surface area contributed by atoms with E-state index in [-0.39, 0.29) is 11.5 Å². The summed E-state index contributed by atoms with van der Waals surface area (Å²) in [5, 5.41) is 12.0. The molecule has 0 bridgehead atoms. The molecule has 1 heterocycles. The summed E-state index contributed by atoms with van der Waals surface area (Å²) in [6, 6.07) is 2.38. The Labute approximate surface area is 118 Å². The lowest BCUT2D eigenvalue weighted by atomic mass is 10.0. The maximum Gasteiger partial charge on any atom is 0.335 e. The van der Waals surface area contributed by atoms with Crippen LogP contribution >= 0.6 is 0 Å². The molecule has 0 aliphatic rings. The number of aryl methyl sites for hydroxylation is 1. The Hall–Kier alpha value is -2.11. The normalized spacial score (nSPS) is 12.2. The molecule has 1 amide bonds. The monoisotopic (exact) mass is 279 g/mol. The predicted molar refractivity (Wildman–Crippen MR) is 76.6 cm³/mol. The summed E-state index contributed by atoms with van der Waals surface area (Å²) in [6.07, 6.45) is 1.54. The molecular formula is C14H21N3O3. The fourth-order valence-corrected chi connectivity index (χ4v) is 1.90. The van der Waals surface area contributed by atoms with Gasteiger partial charge in [0, 0.05) is 5.69 Å². The zero-order chi connectivity index (χ0) is 15.3. The second-order valence-electron chi connectivity index (χ2n) is 5.06. The standard InChI is InChI=1S/C14H21N3O3/c1-4-5-10-6-9(14(19)20)7-11(16-10)17-12(8(2)3)13(15)18/h6-8,12H,4-5H2,1-3H3,(H2,15,18)(H,16,17)(H,19,20). The minimum atomic E-state index is -1.02. The van der Waals surface area contributed by atoms with E-state index in [1.54, 1.807) is 6.07 Å². The van der Waals surface area contributed by atoms with Crippen molar-refractivity contribution in [2.45, 2.75) is 39.7 Å². The zero-order valence-corrected chi connectivity index (χ0v) is 12.0. The first-order chi connectivity index (χ1) is 9.35. The van der Waals surface area contributed by atoms with E-state index >= 15 is 0 Å². The molecule has 1 unspecified atom stereocenters. The van der Waals surface area contributed by atoms with Gasteiger partial charge in [-0.05, 0) is 24.5 Å². The third kappa shape index (κ3) is 4.22. The van der Waals surface area contributed by atoms with Gasteiger partial charge in [-0.25, -0.2) is 9.78 Å². The summed E-state index contributed by atoms with van der Waals surface area (Å²) in [5.74, 6) is -1.16. The second-order valence-corrected chi connectivity index (χ2v) is 5.06. The van der Waals surface area contributed by atoms with Gasteiger partial charge in [0.1, 0.15) is 11.9 Å². The maximum absolute atomic E-state index is 11.4. The lowest BCUT2D eigenvalue weighted by Gasteiger charge is -2.20. The van der Waals surface area contributed by atoms with Crippen LogP contribution in [-0.2, 0) is 11.2 Å². The van der Waals surface area contributed by atoms with Crippen molar-refractivity contribution in [3.8, 4) is 0 Å². The van der Waals surface area contributed by atoms with E-state index in [9.17, 15) is 9.59 Å². The van der Waals surface area contributed by atoms with Gasteiger partial charge in [-0.2, -0.15) is 0 Å². The van der Waals surface area contributed by atoms with Crippen LogP contribution in [0.25, 0.3) is 0 Å². The molecule has 0 fully saturated rings. The summed E-state index contributed by atoms with van der Waals surface area (Å²) >= 11 is 0. The number of amides is 1. The third-order valence-corrected chi connectivity index (χ3v) is 2.91. The highest BCUT2D eigenvalue weighted by molar-refractivity contribution is 5.89. The number of anilines is 1. The summed E-state index contributed by atoms with van der Waals surface area (Å²) in [5.41, 5.74) is 6.17. The second kappa shape index (κ2) is 6.88. The molecule has 1 rings (SSSR count). The van der Waals surface area contributed by atoms with Crippen LogP contribution in [0.1, 0.15) is 43.2 Å². The average molecular weight is 279 g/mol. The molecule has 0 spiro atoms. The Morgan fingerprint density at radius 1 is 1.40 bits per heavy atom. The van der Waals surface area contributed by atoms with E-state index in [1.807, 2.05) is 20.8 Å². The lowest BCUT2D eigenvalue weighted by molar-refractivity contribution is -0.119. The van der Waals surface area contributed by atoms with E-state index in [0.29, 0.717) is 17.9 Å². The van der Waals surface area contributed by atoms with E-state index < -0.39 is 17.9 Å². The average Bonchev–Trinajstić information content (AvgIpc) is 2.35. The molecule has 0 radical (unpaired) electrons. The zero-order valence-electron chi connectivity index (χ0n) is 12.0. The topological polar surface area (TPSA) is 105 Å². The quantitative estimate of drug-likeness (QED) is 0.704. The van der Waals surface area contributed by atoms with Crippen LogP contribution < -0.4 is 11.1 Å². The fourth-order valence-electron chi connectivity index (χ4n) is 1.90. The number of nitrogens with zero attached hydrogens (tertiary/aromatic N) is 1. The Morgan fingerprint density at radius 2 is 2.05 bits per heavy atom. The summed E-state index contributed by atoms with van der Waals surface area (Å²) in [7, 11) is 0. The molecule has 1 aromatic rings. The van der Waals surface area contributed by atoms with Gasteiger partial charge in [-0.15, -0.1) is 0 Å². The molecule has 0 aliphatic carbocycles. The first-order valence-electron chi connectivity index (χ1n) is 6.65. The number of pyridine rings is 1. The van der Waals surface area contributed by atoms with Gasteiger partial charge in [0.2, 0.25) is 5.91 Å². The Kier molecular flexibility index (Phi) is 5.49. The van der Waals surface area contributed by atoms with E-state index in [1.165, 1.54) is 6.07 Å². The highest BCUT2D eigenvalue weighted by Crippen LogP contribution is 2.15. The van der Waals surface area contributed by atoms with Gasteiger partial charge >= 0.3 is 5.97 Å². The van der Waals surface area contributed by atoms with Gasteiger partial charge in [-0.3, -0.25) is 4.79 Å². The van der Waals surface area contributed by atoms with E-state index in [4.69, 9.17) is 10.8 Å². The van der Waals surface area contributed by atoms with Crippen LogP contribution in [0.5, 0.6) is 0 Å². The van der Waals surface area contributed by atoms with Crippen LogP contribution in [0.2, 0.25) is 0 Å². The summed E-state index contributed by atoms with van der Waals surface area (Å²) in [6.45, 7) is 5.70. The van der Waals surface area contributed by atoms with Crippen molar-refractivity contribution < 1.29 is 14.7 Å². The summed E-state index contributed by atoms with van der Waals surface area (Å²) in [4.78, 5) is 26.8. The number of hydrogen-bond donors (Lipinski definition) is 3. The number of hydrogen-bond acceptors (Lipinski definition) is 4. The van der Waals surface area contributed by atoms with Crippen LogP contribution in [0, 0.1) is 5.92 Å². The smallest absolute Gasteiger partial charge is 0.335 e. The Balaban J connectivity index is 3.09. The Bertz CT molecular complexity index is 500. The molecule has 1 atom stereocenters. The number of carboxylic acid groups (broad SMARTS) is 1. The molecule has 0 saturated carbocycles. The number of carbonyl (C=O) groups is 2. The fraction of sp³-hybridized carbons (Fsp3) is 0.500. The molecule has 0 aliphatic heterocycles. The molecule has 1 aromatic heterocycles. The number of aromatic carboxylic acids is 1. The number of aromatic nitrogens is 1. The molecule has 6 nitrogen and oxygen atoms in total. The molecule has 0 aromatic carbocycles. The first kappa shape index (κ1) is 15.9. The minimum Gasteiger partial charge on any atom is -0.478 e. The molecule has 110 valence electrons. The largest absolute Gasteiger partial charge is 0.478 e. The predicted octanol–water partition coefficient (Wildman–Crippen LogP) is 1.65. The number of rotatable bonds is 7. The van der Waals surface area contributed by atoms with Crippen molar-refractivity contribution in [1.82, 2.24) is 4.98 Å². The van der Waals surface area contributed by atoms with Gasteiger partial charge in [0.05, 0.1) is 5.56 Å². The van der Waals surface area contributed by atoms with Crippen LogP contribution in [0.15, 0.2) is 12.1 Å². The van der Waals surface area contributed by atoms with Gasteiger partial charge in [0.25, 0.3) is 0 Å². The SMILES string of the molecule is CCCc1cc(C(=O)O)cc(NC(C(N)=O)C(C)C)n1. The van der Waals surface area contributed by atoms with Crippen molar-refractivity contribution in [3.05, 3.63) is 23.4 Å². The van der Waals surface area contributed by atoms with E-state index in [0.717, 1.165) is 6.42 Å². The molecule has 6 heteroatoms. The van der Waals surface area contributed by atoms with Crippen LogP contribution in [0.3, 0.4) is 0 Å². The van der Waals surface area contributed by atoms with Crippen molar-refractivity contribution >= 4 is 17.7 Å². The third-order valence-electron chi connectivity index (χ3n) is 2.91. The maximum atomic E-state index is 11.4. The van der Waals surface area contributed by atoms with Gasteiger partial charge < -0.3 is 16.2 Å². The van der Waals surface area contributed by atoms with Crippen molar-refractivity contribution in [2.75, 3.05) is 5.32 Å². The minimum absolute atomic E-state index is 0.0163. The first-order valence-corrected chi connectivity index (χ1v) is 6.65. The van der Waals surface area contributed by atoms with Crippen molar-refractivity contribution in [3.63, 3.8) is 0 Å². The summed E-state index contributed by atoms with van der Waals surface area (Å²) < 4.78 is 0. The van der Waals surface area contributed by atoms with Crippen molar-refractivity contribution in [2.24, 2.45) is 11.7 Å². The number of carbonyl (C=O) groups excluding carboxylic acids is 1. The van der Waals surface area contributed by atoms with Crippen molar-refractivity contribution in [1.29, 1.82) is 0 Å². The number of nitrogens with two attached hydrogens (primary N) is 1. The van der Waals surface area contributed by atoms with Gasteiger partial charge in [-0.1, -0.05) is 27.2 Å². The highest BCUT2D eigenvalue weighted by Gasteiger charge is 2.20. The molecule has 20 heavy (non-hydrogen) atoms. The van der Waals surface area contributed by atoms with Gasteiger partial charge in [0.15, 0.2) is 0 Å². The number of carboxylic acids is 1. The molecule has 0 saturated heterocycles. The number of primary amides is 1. The molecule has 4 N–H and O–H groups in total. The van der Waals surface area contributed by atoms with Crippen LogP contribution in [-0.4, -0.2) is 28.0 Å². The lowest BCUT2D eigenvalue weighted by Crippen LogP contribution is -2.39. The highest BCUT2D eigenvalue weighted by atomic mass is 16.4.